The lowest BCUT2D eigenvalue weighted by Crippen LogP contribution is -2.52. The molecular formula is C38H62N2O10. The number of ether oxygens (including phenoxy) is 4. The van der Waals surface area contributed by atoms with Gasteiger partial charge in [-0.2, -0.15) is 0 Å². The third-order valence-corrected chi connectivity index (χ3v) is 10.1. The molecule has 12 nitrogen and oxygen atoms in total. The van der Waals surface area contributed by atoms with Crippen LogP contribution in [0, 0.1) is 11.8 Å². The number of piperazine rings is 1. The first-order valence-electron chi connectivity index (χ1n) is 18.3. The Bertz CT molecular complexity index is 1230. The number of aliphatic hydroxyl groups excluding tert-OH is 2. The van der Waals surface area contributed by atoms with Crippen LogP contribution in [0.1, 0.15) is 93.9 Å². The maximum absolute atomic E-state index is 13.4. The van der Waals surface area contributed by atoms with Crippen molar-refractivity contribution in [1.82, 2.24) is 9.80 Å². The van der Waals surface area contributed by atoms with Gasteiger partial charge in [-0.1, -0.05) is 52.0 Å². The summed E-state index contributed by atoms with van der Waals surface area (Å²) in [6, 6.07) is 0. The summed E-state index contributed by atoms with van der Waals surface area (Å²) in [6.45, 7) is 17.8. The second-order valence-electron chi connectivity index (χ2n) is 14.9. The van der Waals surface area contributed by atoms with Gasteiger partial charge in [0, 0.05) is 51.4 Å². The molecule has 2 saturated heterocycles. The smallest absolute Gasteiger partial charge is 0.410 e. The number of carbonyl (C=O) groups excluding carboxylic acids is 3. The Morgan fingerprint density at radius 3 is 2.48 bits per heavy atom. The normalized spacial score (nSPS) is 33.3. The van der Waals surface area contributed by atoms with E-state index in [0.29, 0.717) is 31.5 Å². The number of rotatable bonds is 12. The highest BCUT2D eigenvalue weighted by molar-refractivity contribution is 5.71. The van der Waals surface area contributed by atoms with Gasteiger partial charge in [-0.25, -0.2) is 4.79 Å². The van der Waals surface area contributed by atoms with Crippen LogP contribution in [0.3, 0.4) is 0 Å². The number of allylic oxidation sites excluding steroid dienone is 2. The molecule has 3 N–H and O–H groups in total. The van der Waals surface area contributed by atoms with E-state index in [9.17, 15) is 29.7 Å². The lowest BCUT2D eigenvalue weighted by Gasteiger charge is -2.39. The Balaban J connectivity index is 1.81. The number of esters is 2. The minimum absolute atomic E-state index is 0.0213. The summed E-state index contributed by atoms with van der Waals surface area (Å²) in [5.74, 6) is -1.56. The molecule has 12 heteroatoms. The van der Waals surface area contributed by atoms with Gasteiger partial charge in [0.25, 0.3) is 0 Å². The molecule has 284 valence electrons. The average molecular weight is 707 g/mol. The Morgan fingerprint density at radius 2 is 1.86 bits per heavy atom. The lowest BCUT2D eigenvalue weighted by molar-refractivity contribution is -0.168. The van der Waals surface area contributed by atoms with Gasteiger partial charge in [0.1, 0.15) is 11.7 Å². The van der Waals surface area contributed by atoms with Gasteiger partial charge in [0.2, 0.25) is 0 Å². The zero-order valence-corrected chi connectivity index (χ0v) is 31.4. The predicted molar refractivity (Wildman–Crippen MR) is 189 cm³/mol. The maximum atomic E-state index is 13.4. The summed E-state index contributed by atoms with van der Waals surface area (Å²) < 4.78 is 23.5. The molecular weight excluding hydrogens is 644 g/mol. The van der Waals surface area contributed by atoms with Crippen LogP contribution >= 0.6 is 0 Å². The third-order valence-electron chi connectivity index (χ3n) is 10.1. The zero-order valence-electron chi connectivity index (χ0n) is 31.4. The molecule has 3 rings (SSSR count). The first kappa shape index (κ1) is 41.6. The van der Waals surface area contributed by atoms with Crippen LogP contribution in [0.4, 0.5) is 4.79 Å². The molecule has 0 spiro atoms. The summed E-state index contributed by atoms with van der Waals surface area (Å²) in [4.78, 5) is 42.7. The Hall–Kier alpha value is -2.77. The van der Waals surface area contributed by atoms with Crippen LogP contribution in [0.15, 0.2) is 36.0 Å². The average Bonchev–Trinajstić information content (AvgIpc) is 3.81. The van der Waals surface area contributed by atoms with Crippen molar-refractivity contribution in [2.75, 3.05) is 32.7 Å². The van der Waals surface area contributed by atoms with Crippen LogP contribution < -0.4 is 0 Å². The third kappa shape index (κ3) is 12.5. The topological polar surface area (TPSA) is 159 Å². The van der Waals surface area contributed by atoms with E-state index in [-0.39, 0.29) is 37.4 Å². The molecule has 0 unspecified atom stereocenters. The molecule has 3 heterocycles. The van der Waals surface area contributed by atoms with E-state index in [0.717, 1.165) is 26.1 Å². The van der Waals surface area contributed by atoms with E-state index in [1.807, 2.05) is 27.7 Å². The molecule has 0 aromatic heterocycles. The Morgan fingerprint density at radius 1 is 1.18 bits per heavy atom. The van der Waals surface area contributed by atoms with Gasteiger partial charge in [-0.15, -0.1) is 0 Å². The first-order valence-corrected chi connectivity index (χ1v) is 18.3. The first-order chi connectivity index (χ1) is 23.5. The van der Waals surface area contributed by atoms with Gasteiger partial charge in [-0.3, -0.25) is 14.5 Å². The highest BCUT2D eigenvalue weighted by Gasteiger charge is 2.47. The Kier molecular flexibility index (Phi) is 15.5. The van der Waals surface area contributed by atoms with E-state index in [4.69, 9.17) is 18.9 Å². The van der Waals surface area contributed by atoms with Crippen LogP contribution in [0.25, 0.3) is 0 Å². The Labute approximate surface area is 298 Å². The fourth-order valence-corrected chi connectivity index (χ4v) is 6.88. The molecule has 0 bridgehead atoms. The molecule has 3 aliphatic rings. The second-order valence-corrected chi connectivity index (χ2v) is 14.9. The standard InChI is InChI=1S/C38H62N2O10/c1-9-18-39-19-21-40(22-20-39)36(45)48-32-14-13-26(4)34(49-33(44)23-29(42)15-17-38(32,8)50-28(6)41)25(3)12-11-16-37(7,46)24-31-35(47-31)27(5)30(43)10-2/h11-14,16,26-27,29-32,34-35,42-43,46H,9-10,15,17-24H2,1-8H3/b14-13-,16-11+,25-12+/t26-,27+,29+,30-,31+,32-,34+,35+,37-,38+/m0/s1. The van der Waals surface area contributed by atoms with Gasteiger partial charge in [0.05, 0.1) is 36.4 Å². The van der Waals surface area contributed by atoms with E-state index >= 15 is 0 Å². The van der Waals surface area contributed by atoms with Gasteiger partial charge < -0.3 is 39.2 Å². The SMILES string of the molecule is CCCN1CCN(C(=O)O[C@H]2/C=C\[C@H](C)[C@@H](/C(C)=C/C=C/[C@](C)(O)C[C@H]3O[C@@H]3[C@H](C)[C@@H](O)CC)OC(=O)C[C@H](O)CC[C@@]2(C)OC(C)=O)CC1. The van der Waals surface area contributed by atoms with Crippen LogP contribution in [-0.2, 0) is 28.5 Å². The lowest BCUT2D eigenvalue weighted by atomic mass is 9.88. The largest absolute Gasteiger partial charge is 0.457 e. The van der Waals surface area contributed by atoms with E-state index in [2.05, 4.69) is 11.8 Å². The van der Waals surface area contributed by atoms with Crippen molar-refractivity contribution in [3.63, 3.8) is 0 Å². The number of hydrogen-bond donors (Lipinski definition) is 3. The molecule has 0 radical (unpaired) electrons. The number of hydrogen-bond acceptors (Lipinski definition) is 11. The van der Waals surface area contributed by atoms with Gasteiger partial charge in [0.15, 0.2) is 6.10 Å². The van der Waals surface area contributed by atoms with Crippen LogP contribution in [0.2, 0.25) is 0 Å². The van der Waals surface area contributed by atoms with Crippen molar-refractivity contribution in [2.45, 2.75) is 142 Å². The van der Waals surface area contributed by atoms with Crippen molar-refractivity contribution in [3.8, 4) is 0 Å². The number of carbonyl (C=O) groups is 3. The summed E-state index contributed by atoms with van der Waals surface area (Å²) in [6.07, 6.45) is 6.65. The van der Waals surface area contributed by atoms with Crippen LogP contribution in [-0.4, -0.2) is 124 Å². The monoisotopic (exact) mass is 706 g/mol. The summed E-state index contributed by atoms with van der Waals surface area (Å²) in [5, 5.41) is 32.0. The van der Waals surface area contributed by atoms with Crippen molar-refractivity contribution in [3.05, 3.63) is 36.0 Å². The van der Waals surface area contributed by atoms with E-state index in [1.165, 1.54) is 6.92 Å². The van der Waals surface area contributed by atoms with Crippen molar-refractivity contribution < 1.29 is 48.7 Å². The number of aliphatic hydroxyl groups is 3. The molecule has 10 atom stereocenters. The summed E-state index contributed by atoms with van der Waals surface area (Å²) in [5.41, 5.74) is -1.79. The molecule has 0 aromatic carbocycles. The van der Waals surface area contributed by atoms with Crippen LogP contribution in [0.5, 0.6) is 0 Å². The zero-order chi connectivity index (χ0) is 37.2. The summed E-state index contributed by atoms with van der Waals surface area (Å²) >= 11 is 0. The molecule has 0 aliphatic carbocycles. The maximum Gasteiger partial charge on any atom is 0.410 e. The number of epoxide rings is 1. The highest BCUT2D eigenvalue weighted by atomic mass is 16.6. The molecule has 2 fully saturated rings. The molecule has 0 saturated carbocycles. The van der Waals surface area contributed by atoms with Gasteiger partial charge in [-0.05, 0) is 64.6 Å². The minimum atomic E-state index is -1.31. The molecule has 1 amide bonds. The van der Waals surface area contributed by atoms with E-state index < -0.39 is 59.6 Å². The number of cyclic esters (lactones) is 1. The van der Waals surface area contributed by atoms with Crippen molar-refractivity contribution in [1.29, 1.82) is 0 Å². The summed E-state index contributed by atoms with van der Waals surface area (Å²) in [7, 11) is 0. The van der Waals surface area contributed by atoms with Crippen molar-refractivity contribution >= 4 is 18.0 Å². The van der Waals surface area contributed by atoms with E-state index in [1.54, 1.807) is 49.1 Å². The molecule has 3 aliphatic heterocycles. The molecule has 0 aromatic rings. The minimum Gasteiger partial charge on any atom is -0.457 e. The van der Waals surface area contributed by atoms with Crippen molar-refractivity contribution in [2.24, 2.45) is 11.8 Å². The second kappa shape index (κ2) is 18.6. The highest BCUT2D eigenvalue weighted by Crippen LogP contribution is 2.38. The van der Waals surface area contributed by atoms with Gasteiger partial charge >= 0.3 is 18.0 Å². The quantitative estimate of drug-likeness (QED) is 0.0873. The fourth-order valence-electron chi connectivity index (χ4n) is 6.88. The number of amides is 1. The fraction of sp³-hybridized carbons (Fsp3) is 0.763. The number of nitrogens with zero attached hydrogens (tertiary/aromatic N) is 2. The molecule has 50 heavy (non-hydrogen) atoms. The predicted octanol–water partition coefficient (Wildman–Crippen LogP) is 4.31.